The van der Waals surface area contributed by atoms with Crippen LogP contribution >= 0.6 is 11.8 Å². The number of para-hydroxylation sites is 2. The van der Waals surface area contributed by atoms with E-state index in [1.165, 1.54) is 11.3 Å². The highest BCUT2D eigenvalue weighted by atomic mass is 32.2. The number of nitrogens with zero attached hydrogens (tertiary/aromatic N) is 1. The highest BCUT2D eigenvalue weighted by molar-refractivity contribution is 8.00. The Labute approximate surface area is 184 Å². The van der Waals surface area contributed by atoms with Crippen LogP contribution in [0.15, 0.2) is 89.5 Å². The third kappa shape index (κ3) is 2.35. The number of nitrogens with one attached hydrogen (secondary N) is 2. The van der Waals surface area contributed by atoms with Gasteiger partial charge in [-0.05, 0) is 29.8 Å². The standard InChI is InChI=1S/C26H19N3OS/c30-25-22-21-17-11-5-6-12-18(17)27-23(21)20-14-15-8-4-7-13-19(15)29(20)24(22)26(28-25)31-16-9-2-1-3-10-16/h1-13,20,26-27H,14H2,(H,28,30). The molecule has 4 heterocycles. The van der Waals surface area contributed by atoms with Crippen molar-refractivity contribution in [2.24, 2.45) is 0 Å². The Balaban J connectivity index is 1.49. The summed E-state index contributed by atoms with van der Waals surface area (Å²) in [5, 5.41) is 4.28. The molecule has 0 bridgehead atoms. The SMILES string of the molecule is O=C1NC(Sc2ccccc2)C2=C1c1c([nH]c3ccccc13)C1Cc3ccccc3N21. The van der Waals surface area contributed by atoms with Gasteiger partial charge in [-0.25, -0.2) is 0 Å². The number of H-pyrrole nitrogens is 1. The number of anilines is 1. The molecule has 0 saturated heterocycles. The first-order valence-corrected chi connectivity index (χ1v) is 11.4. The van der Waals surface area contributed by atoms with E-state index in [-0.39, 0.29) is 17.3 Å². The summed E-state index contributed by atoms with van der Waals surface area (Å²) >= 11 is 1.71. The summed E-state index contributed by atoms with van der Waals surface area (Å²) in [6.07, 6.45) is 0.934. The lowest BCUT2D eigenvalue weighted by molar-refractivity contribution is -0.115. The van der Waals surface area contributed by atoms with Crippen molar-refractivity contribution in [3.63, 3.8) is 0 Å². The molecule has 1 aromatic heterocycles. The fourth-order valence-corrected chi connectivity index (χ4v) is 6.41. The van der Waals surface area contributed by atoms with Crippen molar-refractivity contribution in [1.29, 1.82) is 0 Å². The van der Waals surface area contributed by atoms with Crippen molar-refractivity contribution in [2.75, 3.05) is 4.90 Å². The Kier molecular flexibility index (Phi) is 3.50. The Morgan fingerprint density at radius 3 is 2.58 bits per heavy atom. The topological polar surface area (TPSA) is 48.1 Å². The number of fused-ring (bicyclic) bond motifs is 9. The Hall–Kier alpha value is -3.44. The first-order valence-electron chi connectivity index (χ1n) is 10.5. The first kappa shape index (κ1) is 17.3. The maximum atomic E-state index is 13.4. The monoisotopic (exact) mass is 421 g/mol. The summed E-state index contributed by atoms with van der Waals surface area (Å²) in [6, 6.07) is 27.4. The molecule has 1 amide bonds. The van der Waals surface area contributed by atoms with Gasteiger partial charge in [0.15, 0.2) is 0 Å². The van der Waals surface area contributed by atoms with Crippen molar-refractivity contribution in [1.82, 2.24) is 10.3 Å². The zero-order valence-corrected chi connectivity index (χ0v) is 17.4. The maximum absolute atomic E-state index is 13.4. The molecule has 150 valence electrons. The second-order valence-corrected chi connectivity index (χ2v) is 9.40. The third-order valence-electron chi connectivity index (χ3n) is 6.54. The molecule has 2 unspecified atom stereocenters. The second kappa shape index (κ2) is 6.28. The number of benzene rings is 3. The van der Waals surface area contributed by atoms with E-state index in [4.69, 9.17) is 0 Å². The Bertz CT molecular complexity index is 1400. The van der Waals surface area contributed by atoms with Gasteiger partial charge in [0.1, 0.15) is 5.37 Å². The van der Waals surface area contributed by atoms with Crippen LogP contribution in [0.1, 0.15) is 22.9 Å². The lowest BCUT2D eigenvalue weighted by atomic mass is 9.92. The van der Waals surface area contributed by atoms with E-state index in [9.17, 15) is 4.79 Å². The summed E-state index contributed by atoms with van der Waals surface area (Å²) in [6.45, 7) is 0. The normalized spacial score (nSPS) is 21.0. The molecule has 4 nitrogen and oxygen atoms in total. The van der Waals surface area contributed by atoms with E-state index in [0.717, 1.165) is 44.7 Å². The fourth-order valence-electron chi connectivity index (χ4n) is 5.31. The van der Waals surface area contributed by atoms with Crippen molar-refractivity contribution in [2.45, 2.75) is 22.7 Å². The van der Waals surface area contributed by atoms with Crippen LogP contribution in [-0.4, -0.2) is 16.3 Å². The quantitative estimate of drug-likeness (QED) is 0.465. The van der Waals surface area contributed by atoms with Gasteiger partial charge in [0.2, 0.25) is 0 Å². The van der Waals surface area contributed by atoms with Crippen LogP contribution in [-0.2, 0) is 11.2 Å². The fraction of sp³-hybridized carbons (Fsp3) is 0.115. The number of hydrogen-bond donors (Lipinski definition) is 2. The van der Waals surface area contributed by atoms with E-state index in [0.29, 0.717) is 0 Å². The van der Waals surface area contributed by atoms with E-state index in [2.05, 4.69) is 69.8 Å². The van der Waals surface area contributed by atoms with E-state index < -0.39 is 0 Å². The highest BCUT2D eigenvalue weighted by Crippen LogP contribution is 2.54. The molecule has 3 aromatic carbocycles. The number of carbonyl (C=O) groups is 1. The van der Waals surface area contributed by atoms with Gasteiger partial charge in [0, 0.05) is 39.2 Å². The van der Waals surface area contributed by atoms with Gasteiger partial charge in [-0.15, -0.1) is 0 Å². The summed E-state index contributed by atoms with van der Waals surface area (Å²) in [5.74, 6) is 0.0114. The number of aromatic nitrogens is 1. The minimum Gasteiger partial charge on any atom is -0.356 e. The molecule has 3 aliphatic rings. The lowest BCUT2D eigenvalue weighted by Crippen LogP contribution is -2.35. The van der Waals surface area contributed by atoms with E-state index in [1.807, 2.05) is 24.3 Å². The molecule has 4 aromatic rings. The molecule has 31 heavy (non-hydrogen) atoms. The lowest BCUT2D eigenvalue weighted by Gasteiger charge is -2.35. The number of aromatic amines is 1. The van der Waals surface area contributed by atoms with Gasteiger partial charge in [-0.1, -0.05) is 66.4 Å². The summed E-state index contributed by atoms with van der Waals surface area (Å²) in [4.78, 5) is 20.6. The molecule has 2 N–H and O–H groups in total. The molecule has 0 aliphatic carbocycles. The van der Waals surface area contributed by atoms with Crippen molar-refractivity contribution in [3.8, 4) is 0 Å². The average Bonchev–Trinajstić information content (AvgIpc) is 3.46. The molecule has 0 spiro atoms. The average molecular weight is 422 g/mol. The molecule has 5 heteroatoms. The van der Waals surface area contributed by atoms with E-state index >= 15 is 0 Å². The minimum atomic E-state index is -0.125. The summed E-state index contributed by atoms with van der Waals surface area (Å²) < 4.78 is 0. The molecule has 7 rings (SSSR count). The van der Waals surface area contributed by atoms with Gasteiger partial charge >= 0.3 is 0 Å². The second-order valence-electron chi connectivity index (χ2n) is 8.22. The molecule has 0 radical (unpaired) electrons. The smallest absolute Gasteiger partial charge is 0.255 e. The Morgan fingerprint density at radius 2 is 1.68 bits per heavy atom. The molecule has 0 saturated carbocycles. The summed E-state index contributed by atoms with van der Waals surface area (Å²) in [5.41, 5.74) is 7.75. The number of thioether (sulfide) groups is 1. The summed E-state index contributed by atoms with van der Waals surface area (Å²) in [7, 11) is 0. The van der Waals surface area contributed by atoms with Gasteiger partial charge in [0.25, 0.3) is 5.91 Å². The van der Waals surface area contributed by atoms with Gasteiger partial charge in [-0.3, -0.25) is 4.79 Å². The number of rotatable bonds is 2. The third-order valence-corrected chi connectivity index (χ3v) is 7.67. The molecule has 3 aliphatic heterocycles. The predicted molar refractivity (Wildman–Crippen MR) is 125 cm³/mol. The van der Waals surface area contributed by atoms with Crippen LogP contribution in [0.2, 0.25) is 0 Å². The molecule has 2 atom stereocenters. The first-order chi connectivity index (χ1) is 15.3. The predicted octanol–water partition coefficient (Wildman–Crippen LogP) is 5.24. The van der Waals surface area contributed by atoms with Crippen molar-refractivity contribution < 1.29 is 4.79 Å². The zero-order chi connectivity index (χ0) is 20.5. The highest BCUT2D eigenvalue weighted by Gasteiger charge is 2.48. The van der Waals surface area contributed by atoms with Gasteiger partial charge in [-0.2, -0.15) is 0 Å². The van der Waals surface area contributed by atoms with E-state index in [1.54, 1.807) is 11.8 Å². The van der Waals surface area contributed by atoms with Crippen molar-refractivity contribution >= 4 is 39.8 Å². The van der Waals surface area contributed by atoms with Gasteiger partial charge in [0.05, 0.1) is 17.3 Å². The number of hydrogen-bond acceptors (Lipinski definition) is 3. The van der Waals surface area contributed by atoms with Gasteiger partial charge < -0.3 is 15.2 Å². The van der Waals surface area contributed by atoms with Crippen LogP contribution in [0.4, 0.5) is 5.69 Å². The number of amides is 1. The van der Waals surface area contributed by atoms with Crippen molar-refractivity contribution in [3.05, 3.63) is 101 Å². The maximum Gasteiger partial charge on any atom is 0.255 e. The molecule has 0 fully saturated rings. The number of carbonyl (C=O) groups excluding carboxylic acids is 1. The zero-order valence-electron chi connectivity index (χ0n) is 16.6. The largest absolute Gasteiger partial charge is 0.356 e. The molecular weight excluding hydrogens is 402 g/mol. The molecular formula is C26H19N3OS. The van der Waals surface area contributed by atoms with Crippen LogP contribution in [0.25, 0.3) is 16.5 Å². The van der Waals surface area contributed by atoms with Crippen LogP contribution < -0.4 is 10.2 Å². The Morgan fingerprint density at radius 1 is 0.903 bits per heavy atom. The van der Waals surface area contributed by atoms with Crippen LogP contribution in [0, 0.1) is 0 Å². The van der Waals surface area contributed by atoms with Crippen LogP contribution in [0.3, 0.4) is 0 Å². The van der Waals surface area contributed by atoms with Crippen LogP contribution in [0.5, 0.6) is 0 Å². The minimum absolute atomic E-state index is 0.0114.